The van der Waals surface area contributed by atoms with E-state index in [2.05, 4.69) is 36.4 Å². The van der Waals surface area contributed by atoms with Gasteiger partial charge in [0.05, 0.1) is 20.3 Å². The minimum absolute atomic E-state index is 0.0533. The molecule has 4 rings (SSSR count). The third kappa shape index (κ3) is 4.74. The predicted molar refractivity (Wildman–Crippen MR) is 125 cm³/mol. The Bertz CT molecular complexity index is 1000. The summed E-state index contributed by atoms with van der Waals surface area (Å²) >= 11 is 1.11. The molecule has 0 radical (unpaired) electrons. The second kappa shape index (κ2) is 9.14. The number of esters is 1. The smallest absolute Gasteiger partial charge is 0.352 e. The number of aromatic nitrogens is 1. The van der Waals surface area contributed by atoms with E-state index in [9.17, 15) is 19.2 Å². The van der Waals surface area contributed by atoms with Crippen LogP contribution < -0.4 is 15.5 Å². The number of morpholine rings is 1. The normalized spacial score (nSPS) is 26.5. The first-order chi connectivity index (χ1) is 16.0. The lowest BCUT2D eigenvalue weighted by Gasteiger charge is -2.43. The number of imide groups is 1. The summed E-state index contributed by atoms with van der Waals surface area (Å²) in [5.74, 6) is -1.31. The Kier molecular flexibility index (Phi) is 6.56. The Morgan fingerprint density at radius 3 is 2.62 bits per heavy atom. The van der Waals surface area contributed by atoms with Crippen LogP contribution in [0.5, 0.6) is 0 Å². The van der Waals surface area contributed by atoms with Crippen LogP contribution in [-0.4, -0.2) is 79.2 Å². The zero-order chi connectivity index (χ0) is 24.7. The van der Waals surface area contributed by atoms with Gasteiger partial charge in [-0.05, 0) is 30.6 Å². The van der Waals surface area contributed by atoms with Gasteiger partial charge in [-0.1, -0.05) is 32.1 Å². The minimum atomic E-state index is -0.986. The van der Waals surface area contributed by atoms with Gasteiger partial charge in [-0.3, -0.25) is 14.5 Å². The molecule has 1 aromatic heterocycles. The van der Waals surface area contributed by atoms with Gasteiger partial charge in [0, 0.05) is 13.1 Å². The van der Waals surface area contributed by atoms with Gasteiger partial charge in [-0.25, -0.2) is 14.6 Å². The Labute approximate surface area is 202 Å². The predicted octanol–water partition coefficient (Wildman–Crippen LogP) is 1.84. The highest BCUT2D eigenvalue weighted by molar-refractivity contribution is 7.18. The van der Waals surface area contributed by atoms with Crippen molar-refractivity contribution in [2.24, 2.45) is 11.3 Å². The average Bonchev–Trinajstić information content (AvgIpc) is 3.27. The van der Waals surface area contributed by atoms with Crippen LogP contribution in [0.4, 0.5) is 15.7 Å². The van der Waals surface area contributed by atoms with E-state index in [1.807, 2.05) is 4.90 Å². The summed E-state index contributed by atoms with van der Waals surface area (Å²) in [5.41, 5.74) is -1.09. The zero-order valence-electron chi connectivity index (χ0n) is 19.9. The monoisotopic (exact) mass is 493 g/mol. The van der Waals surface area contributed by atoms with Crippen LogP contribution in [0.15, 0.2) is 0 Å². The Balaban J connectivity index is 1.49. The van der Waals surface area contributed by atoms with E-state index in [0.29, 0.717) is 44.3 Å². The number of nitrogens with one attached hydrogen (secondary N) is 2. The summed E-state index contributed by atoms with van der Waals surface area (Å²) in [4.78, 5) is 58.6. The molecule has 2 atom stereocenters. The number of ether oxygens (including phenoxy) is 2. The van der Waals surface area contributed by atoms with Crippen molar-refractivity contribution >= 4 is 46.1 Å². The third-order valence-corrected chi connectivity index (χ3v) is 7.55. The SMILES string of the molecule is COC(=O)c1sc(N2CCOCC2)nc1NC(=O)CN1C(=O)N[C@]2(C[C@H](C)CC(C)(C)C2)C1=O. The van der Waals surface area contributed by atoms with Crippen LogP contribution in [-0.2, 0) is 19.1 Å². The fourth-order valence-electron chi connectivity index (χ4n) is 5.48. The van der Waals surface area contributed by atoms with E-state index in [1.54, 1.807) is 0 Å². The number of urea groups is 1. The number of thiazole rings is 1. The van der Waals surface area contributed by atoms with E-state index in [0.717, 1.165) is 22.7 Å². The van der Waals surface area contributed by atoms with Crippen LogP contribution in [0.2, 0.25) is 0 Å². The molecule has 3 heterocycles. The number of nitrogens with zero attached hydrogens (tertiary/aromatic N) is 3. The maximum Gasteiger partial charge on any atom is 0.352 e. The maximum absolute atomic E-state index is 13.3. The highest BCUT2D eigenvalue weighted by Gasteiger charge is 2.56. The van der Waals surface area contributed by atoms with E-state index in [4.69, 9.17) is 9.47 Å². The van der Waals surface area contributed by atoms with Crippen molar-refractivity contribution < 1.29 is 28.7 Å². The summed E-state index contributed by atoms with van der Waals surface area (Å²) < 4.78 is 10.2. The number of methoxy groups -OCH3 is 1. The average molecular weight is 494 g/mol. The largest absolute Gasteiger partial charge is 0.465 e. The van der Waals surface area contributed by atoms with Crippen molar-refractivity contribution in [1.29, 1.82) is 0 Å². The number of hydrogen-bond acceptors (Lipinski definition) is 9. The minimum Gasteiger partial charge on any atom is -0.465 e. The molecule has 1 spiro atoms. The quantitative estimate of drug-likeness (QED) is 0.469. The van der Waals surface area contributed by atoms with E-state index in [1.165, 1.54) is 7.11 Å². The number of amides is 4. The molecule has 3 fully saturated rings. The molecular formula is C22H31N5O6S. The lowest BCUT2D eigenvalue weighted by Crippen LogP contribution is -2.54. The van der Waals surface area contributed by atoms with Gasteiger partial charge in [-0.15, -0.1) is 0 Å². The van der Waals surface area contributed by atoms with Crippen molar-refractivity contribution in [1.82, 2.24) is 15.2 Å². The van der Waals surface area contributed by atoms with Crippen LogP contribution >= 0.6 is 11.3 Å². The molecule has 12 heteroatoms. The summed E-state index contributed by atoms with van der Waals surface area (Å²) in [6.07, 6.45) is 2.03. The first kappa shape index (κ1) is 24.4. The summed E-state index contributed by atoms with van der Waals surface area (Å²) in [5, 5.41) is 6.02. The van der Waals surface area contributed by atoms with Crippen molar-refractivity contribution in [3.05, 3.63) is 4.88 Å². The van der Waals surface area contributed by atoms with Crippen LogP contribution in [0, 0.1) is 11.3 Å². The van der Waals surface area contributed by atoms with E-state index in [-0.39, 0.29) is 27.9 Å². The van der Waals surface area contributed by atoms with Gasteiger partial charge in [0.2, 0.25) is 5.91 Å². The lowest BCUT2D eigenvalue weighted by molar-refractivity contribution is -0.136. The van der Waals surface area contributed by atoms with Gasteiger partial charge in [0.1, 0.15) is 12.1 Å². The Hall–Kier alpha value is -2.73. The molecule has 1 saturated carbocycles. The fourth-order valence-corrected chi connectivity index (χ4v) is 6.47. The highest BCUT2D eigenvalue weighted by Crippen LogP contribution is 2.46. The summed E-state index contributed by atoms with van der Waals surface area (Å²) in [6.45, 7) is 8.08. The first-order valence-electron chi connectivity index (χ1n) is 11.4. The van der Waals surface area contributed by atoms with Gasteiger partial charge in [0.15, 0.2) is 15.8 Å². The third-order valence-electron chi connectivity index (χ3n) is 6.45. The molecule has 0 bridgehead atoms. The summed E-state index contributed by atoms with van der Waals surface area (Å²) in [6, 6.07) is -0.578. The molecule has 3 aliphatic rings. The highest BCUT2D eigenvalue weighted by atomic mass is 32.1. The number of carbonyl (C=O) groups excluding carboxylic acids is 4. The standard InChI is InChI=1S/C22H31N5O6S/c1-13-9-21(2,3)12-22(10-13)18(30)27(19(31)25-22)11-14(28)23-16-15(17(29)32-4)34-20(24-16)26-5-7-33-8-6-26/h13H,5-12H2,1-4H3,(H,23,28)(H,25,31)/t13-,22+/m1/s1. The molecule has 1 aliphatic carbocycles. The molecule has 2 N–H and O–H groups in total. The van der Waals surface area contributed by atoms with Gasteiger partial charge >= 0.3 is 12.0 Å². The molecule has 34 heavy (non-hydrogen) atoms. The Morgan fingerprint density at radius 1 is 1.26 bits per heavy atom. The number of carbonyl (C=O) groups is 4. The second-order valence-electron chi connectivity index (χ2n) is 10.1. The number of rotatable bonds is 5. The van der Waals surface area contributed by atoms with Crippen LogP contribution in [0.1, 0.15) is 49.7 Å². The van der Waals surface area contributed by atoms with E-state index < -0.39 is 30.0 Å². The molecule has 2 saturated heterocycles. The van der Waals surface area contributed by atoms with Gasteiger partial charge < -0.3 is 25.0 Å². The molecule has 0 unspecified atom stereocenters. The van der Waals surface area contributed by atoms with Crippen LogP contribution in [0.25, 0.3) is 0 Å². The second-order valence-corrected chi connectivity index (χ2v) is 11.0. The first-order valence-corrected chi connectivity index (χ1v) is 12.2. The molecule has 1 aromatic rings. The van der Waals surface area contributed by atoms with E-state index >= 15 is 0 Å². The molecule has 4 amide bonds. The number of hydrogen-bond donors (Lipinski definition) is 2. The number of anilines is 2. The summed E-state index contributed by atoms with van der Waals surface area (Å²) in [7, 11) is 1.25. The fraction of sp³-hybridized carbons (Fsp3) is 0.682. The van der Waals surface area contributed by atoms with Crippen molar-refractivity contribution in [2.75, 3.05) is 50.2 Å². The molecule has 2 aliphatic heterocycles. The van der Waals surface area contributed by atoms with Crippen LogP contribution in [0.3, 0.4) is 0 Å². The topological polar surface area (TPSA) is 130 Å². The van der Waals surface area contributed by atoms with Crippen molar-refractivity contribution in [3.8, 4) is 0 Å². The maximum atomic E-state index is 13.3. The lowest BCUT2D eigenvalue weighted by atomic mass is 9.64. The van der Waals surface area contributed by atoms with Crippen molar-refractivity contribution in [2.45, 2.75) is 45.6 Å². The molecular weight excluding hydrogens is 462 g/mol. The van der Waals surface area contributed by atoms with Gasteiger partial charge in [-0.2, -0.15) is 0 Å². The molecule has 186 valence electrons. The Morgan fingerprint density at radius 2 is 1.97 bits per heavy atom. The molecule has 0 aromatic carbocycles. The van der Waals surface area contributed by atoms with Crippen molar-refractivity contribution in [3.63, 3.8) is 0 Å². The zero-order valence-corrected chi connectivity index (χ0v) is 20.8. The molecule has 11 nitrogen and oxygen atoms in total. The van der Waals surface area contributed by atoms with Gasteiger partial charge in [0.25, 0.3) is 5.91 Å².